The minimum absolute atomic E-state index is 0.0936. The van der Waals surface area contributed by atoms with E-state index in [1.54, 1.807) is 0 Å². The molecule has 0 radical (unpaired) electrons. The summed E-state index contributed by atoms with van der Waals surface area (Å²) in [5.41, 5.74) is 0. The highest BCUT2D eigenvalue weighted by Crippen LogP contribution is 2.30. The van der Waals surface area contributed by atoms with Crippen LogP contribution in [0.5, 0.6) is 0 Å². The van der Waals surface area contributed by atoms with Gasteiger partial charge in [-0.1, -0.05) is 26.2 Å². The second-order valence-electron chi connectivity index (χ2n) is 5.46. The fraction of sp³-hybridized carbons (Fsp3) is 0.923. The van der Waals surface area contributed by atoms with Crippen LogP contribution in [0, 0.1) is 11.8 Å². The van der Waals surface area contributed by atoms with Gasteiger partial charge in [-0.2, -0.15) is 0 Å². The van der Waals surface area contributed by atoms with Crippen LogP contribution in [-0.4, -0.2) is 31.8 Å². The molecule has 112 valence electrons. The van der Waals surface area contributed by atoms with Crippen molar-refractivity contribution in [2.75, 3.05) is 12.3 Å². The van der Waals surface area contributed by atoms with Crippen LogP contribution < -0.4 is 4.72 Å². The second-order valence-corrected chi connectivity index (χ2v) is 7.39. The summed E-state index contributed by atoms with van der Waals surface area (Å²) >= 11 is 0. The summed E-state index contributed by atoms with van der Waals surface area (Å²) in [6.45, 7) is 2.71. The predicted octanol–water partition coefficient (Wildman–Crippen LogP) is 1.99. The third-order valence-corrected chi connectivity index (χ3v) is 5.37. The molecule has 0 spiro atoms. The van der Waals surface area contributed by atoms with E-state index in [9.17, 15) is 13.2 Å². The van der Waals surface area contributed by atoms with Crippen molar-refractivity contribution in [2.45, 2.75) is 51.9 Å². The van der Waals surface area contributed by atoms with Gasteiger partial charge in [0.2, 0.25) is 10.0 Å². The van der Waals surface area contributed by atoms with Crippen molar-refractivity contribution >= 4 is 16.0 Å². The zero-order valence-electron chi connectivity index (χ0n) is 11.6. The first-order chi connectivity index (χ1) is 8.93. The molecule has 6 heteroatoms. The fourth-order valence-corrected chi connectivity index (χ4v) is 3.73. The highest BCUT2D eigenvalue weighted by atomic mass is 32.2. The number of carbonyl (C=O) groups is 1. The highest BCUT2D eigenvalue weighted by Gasteiger charge is 2.21. The maximum atomic E-state index is 11.7. The number of aliphatic carboxylic acids is 1. The lowest BCUT2D eigenvalue weighted by atomic mass is 9.81. The number of rotatable bonds is 8. The first-order valence-electron chi connectivity index (χ1n) is 7.12. The Balaban J connectivity index is 2.22. The average Bonchev–Trinajstić information content (AvgIpc) is 2.36. The molecule has 19 heavy (non-hydrogen) atoms. The SMILES string of the molecule is CCC1CCC(CNS(=O)(=O)CCCC(=O)O)CC1. The van der Waals surface area contributed by atoms with Crippen LogP contribution in [0.15, 0.2) is 0 Å². The molecule has 1 aliphatic rings. The zero-order chi connectivity index (χ0) is 14.3. The molecule has 1 rings (SSSR count). The number of carboxylic acids is 1. The molecular formula is C13H25NO4S. The summed E-state index contributed by atoms with van der Waals surface area (Å²) in [5, 5.41) is 8.48. The quantitative estimate of drug-likeness (QED) is 0.716. The fourth-order valence-electron chi connectivity index (χ4n) is 2.57. The van der Waals surface area contributed by atoms with Gasteiger partial charge in [0.15, 0.2) is 0 Å². The Hall–Kier alpha value is -0.620. The third-order valence-electron chi connectivity index (χ3n) is 3.94. The molecule has 0 aromatic carbocycles. The van der Waals surface area contributed by atoms with Crippen molar-refractivity contribution in [3.63, 3.8) is 0 Å². The Kier molecular flexibility index (Phi) is 6.79. The summed E-state index contributed by atoms with van der Waals surface area (Å²) in [7, 11) is -3.31. The molecule has 1 fully saturated rings. The van der Waals surface area contributed by atoms with E-state index >= 15 is 0 Å². The molecule has 1 aliphatic carbocycles. The molecule has 0 aromatic rings. The van der Waals surface area contributed by atoms with Gasteiger partial charge < -0.3 is 5.11 Å². The lowest BCUT2D eigenvalue weighted by Gasteiger charge is -2.27. The Labute approximate surface area is 115 Å². The van der Waals surface area contributed by atoms with Gasteiger partial charge in [-0.15, -0.1) is 0 Å². The molecule has 2 N–H and O–H groups in total. The van der Waals surface area contributed by atoms with Crippen LogP contribution >= 0.6 is 0 Å². The van der Waals surface area contributed by atoms with Gasteiger partial charge in [-0.3, -0.25) is 4.79 Å². The van der Waals surface area contributed by atoms with Gasteiger partial charge in [0, 0.05) is 13.0 Å². The maximum Gasteiger partial charge on any atom is 0.303 e. The zero-order valence-corrected chi connectivity index (χ0v) is 12.4. The average molecular weight is 291 g/mol. The Morgan fingerprint density at radius 3 is 2.32 bits per heavy atom. The third kappa shape index (κ3) is 6.92. The van der Waals surface area contributed by atoms with E-state index in [1.165, 1.54) is 19.3 Å². The first-order valence-corrected chi connectivity index (χ1v) is 8.77. The van der Waals surface area contributed by atoms with Crippen molar-refractivity contribution in [1.29, 1.82) is 0 Å². The maximum absolute atomic E-state index is 11.7. The number of hydrogen-bond acceptors (Lipinski definition) is 3. The smallest absolute Gasteiger partial charge is 0.303 e. The molecule has 5 nitrogen and oxygen atoms in total. The van der Waals surface area contributed by atoms with Crippen molar-refractivity contribution in [1.82, 2.24) is 4.72 Å². The van der Waals surface area contributed by atoms with E-state index < -0.39 is 16.0 Å². The van der Waals surface area contributed by atoms with Gasteiger partial charge in [0.05, 0.1) is 5.75 Å². The van der Waals surface area contributed by atoms with Crippen LogP contribution in [0.25, 0.3) is 0 Å². The van der Waals surface area contributed by atoms with Crippen LogP contribution in [0.4, 0.5) is 0 Å². The van der Waals surface area contributed by atoms with Crippen molar-refractivity contribution in [3.05, 3.63) is 0 Å². The van der Waals surface area contributed by atoms with E-state index in [-0.39, 0.29) is 18.6 Å². The molecule has 0 unspecified atom stereocenters. The lowest BCUT2D eigenvalue weighted by Crippen LogP contribution is -2.33. The molecule has 0 bridgehead atoms. The predicted molar refractivity (Wildman–Crippen MR) is 74.4 cm³/mol. The molecule has 0 saturated heterocycles. The van der Waals surface area contributed by atoms with Crippen molar-refractivity contribution < 1.29 is 18.3 Å². The summed E-state index contributed by atoms with van der Waals surface area (Å²) in [4.78, 5) is 10.3. The summed E-state index contributed by atoms with van der Waals surface area (Å²) in [6.07, 6.45) is 5.87. The van der Waals surface area contributed by atoms with Gasteiger partial charge in [-0.25, -0.2) is 13.1 Å². The molecular weight excluding hydrogens is 266 g/mol. The topological polar surface area (TPSA) is 83.5 Å². The molecule has 0 heterocycles. The largest absolute Gasteiger partial charge is 0.481 e. The van der Waals surface area contributed by atoms with E-state index in [0.717, 1.165) is 18.8 Å². The molecule has 0 atom stereocenters. The second kappa shape index (κ2) is 7.85. The van der Waals surface area contributed by atoms with Crippen LogP contribution in [0.2, 0.25) is 0 Å². The molecule has 0 aromatic heterocycles. The summed E-state index contributed by atoms with van der Waals surface area (Å²) < 4.78 is 26.0. The van der Waals surface area contributed by atoms with Crippen LogP contribution in [0.3, 0.4) is 0 Å². The van der Waals surface area contributed by atoms with Crippen LogP contribution in [0.1, 0.15) is 51.9 Å². The number of sulfonamides is 1. The molecule has 0 aliphatic heterocycles. The van der Waals surface area contributed by atoms with E-state index in [1.807, 2.05) is 0 Å². The minimum Gasteiger partial charge on any atom is -0.481 e. The molecule has 0 amide bonds. The van der Waals surface area contributed by atoms with E-state index in [2.05, 4.69) is 11.6 Å². The van der Waals surface area contributed by atoms with Gasteiger partial charge in [0.1, 0.15) is 0 Å². The van der Waals surface area contributed by atoms with Gasteiger partial charge in [-0.05, 0) is 31.1 Å². The van der Waals surface area contributed by atoms with Crippen molar-refractivity contribution in [2.24, 2.45) is 11.8 Å². The summed E-state index contributed by atoms with van der Waals surface area (Å²) in [6, 6.07) is 0. The number of carboxylic acid groups (broad SMARTS) is 1. The van der Waals surface area contributed by atoms with Gasteiger partial charge >= 0.3 is 5.97 Å². The first kappa shape index (κ1) is 16.4. The number of nitrogens with one attached hydrogen (secondary N) is 1. The Morgan fingerprint density at radius 1 is 1.21 bits per heavy atom. The summed E-state index contributed by atoms with van der Waals surface area (Å²) in [5.74, 6) is 0.206. The Morgan fingerprint density at radius 2 is 1.79 bits per heavy atom. The Bertz CT molecular complexity index is 372. The van der Waals surface area contributed by atoms with Crippen LogP contribution in [-0.2, 0) is 14.8 Å². The van der Waals surface area contributed by atoms with Gasteiger partial charge in [0.25, 0.3) is 0 Å². The molecule has 1 saturated carbocycles. The van der Waals surface area contributed by atoms with E-state index in [4.69, 9.17) is 5.11 Å². The normalized spacial score (nSPS) is 24.3. The number of hydrogen-bond donors (Lipinski definition) is 2. The lowest BCUT2D eigenvalue weighted by molar-refractivity contribution is -0.137. The van der Waals surface area contributed by atoms with E-state index in [0.29, 0.717) is 12.5 Å². The monoisotopic (exact) mass is 291 g/mol. The minimum atomic E-state index is -3.31. The standard InChI is InChI=1S/C13H25NO4S/c1-2-11-5-7-12(8-6-11)10-14-19(17,18)9-3-4-13(15)16/h11-12,14H,2-10H2,1H3,(H,15,16). The highest BCUT2D eigenvalue weighted by molar-refractivity contribution is 7.89. The van der Waals surface area contributed by atoms with Crippen molar-refractivity contribution in [3.8, 4) is 0 Å².